The van der Waals surface area contributed by atoms with Gasteiger partial charge in [-0.2, -0.15) is 0 Å². The molecule has 0 aromatic heterocycles. The SMILES string of the molecule is CC(C)CCCC1=CC(=O)c2c(O)ccc(O)c2C1=O. The molecule has 1 aliphatic carbocycles. The van der Waals surface area contributed by atoms with Crippen molar-refractivity contribution in [2.75, 3.05) is 0 Å². The number of benzene rings is 1. The van der Waals surface area contributed by atoms with Crippen LogP contribution in [0.3, 0.4) is 0 Å². The highest BCUT2D eigenvalue weighted by atomic mass is 16.3. The minimum atomic E-state index is -0.424. The number of fused-ring (bicyclic) bond motifs is 1. The number of hydrogen-bond acceptors (Lipinski definition) is 4. The van der Waals surface area contributed by atoms with Crippen molar-refractivity contribution in [2.45, 2.75) is 33.1 Å². The van der Waals surface area contributed by atoms with Crippen LogP contribution in [0.2, 0.25) is 0 Å². The van der Waals surface area contributed by atoms with Gasteiger partial charge in [0.15, 0.2) is 11.6 Å². The summed E-state index contributed by atoms with van der Waals surface area (Å²) in [5, 5.41) is 19.5. The van der Waals surface area contributed by atoms with Crippen LogP contribution in [0.25, 0.3) is 0 Å². The molecule has 0 amide bonds. The Morgan fingerprint density at radius 1 is 1.05 bits per heavy atom. The third kappa shape index (κ3) is 2.59. The van der Waals surface area contributed by atoms with Crippen molar-refractivity contribution in [3.8, 4) is 11.5 Å². The molecule has 2 rings (SSSR count). The molecule has 2 N–H and O–H groups in total. The zero-order valence-corrected chi connectivity index (χ0v) is 11.6. The number of allylic oxidation sites excluding steroid dienone is 2. The fraction of sp³-hybridized carbons (Fsp3) is 0.375. The average molecular weight is 274 g/mol. The molecule has 0 saturated heterocycles. The van der Waals surface area contributed by atoms with Gasteiger partial charge in [-0.3, -0.25) is 9.59 Å². The van der Waals surface area contributed by atoms with Crippen molar-refractivity contribution in [1.82, 2.24) is 0 Å². The lowest BCUT2D eigenvalue weighted by atomic mass is 9.86. The second kappa shape index (κ2) is 5.49. The highest BCUT2D eigenvalue weighted by Gasteiger charge is 2.30. The van der Waals surface area contributed by atoms with Crippen LogP contribution in [0.5, 0.6) is 11.5 Å². The second-order valence-corrected chi connectivity index (χ2v) is 5.50. The van der Waals surface area contributed by atoms with E-state index in [1.54, 1.807) is 0 Å². The summed E-state index contributed by atoms with van der Waals surface area (Å²) in [6.07, 6.45) is 3.58. The van der Waals surface area contributed by atoms with E-state index >= 15 is 0 Å². The molecule has 106 valence electrons. The summed E-state index contributed by atoms with van der Waals surface area (Å²) < 4.78 is 0. The molecule has 0 atom stereocenters. The largest absolute Gasteiger partial charge is 0.507 e. The maximum Gasteiger partial charge on any atom is 0.193 e. The minimum absolute atomic E-state index is 0.0722. The van der Waals surface area contributed by atoms with Crippen molar-refractivity contribution in [3.63, 3.8) is 0 Å². The van der Waals surface area contributed by atoms with Gasteiger partial charge in [0.05, 0.1) is 11.1 Å². The molecule has 0 saturated carbocycles. The van der Waals surface area contributed by atoms with Crippen LogP contribution in [0.15, 0.2) is 23.8 Å². The van der Waals surface area contributed by atoms with Gasteiger partial charge in [-0.15, -0.1) is 0 Å². The molecule has 1 aliphatic rings. The van der Waals surface area contributed by atoms with Gasteiger partial charge in [0, 0.05) is 5.57 Å². The Morgan fingerprint density at radius 3 is 2.25 bits per heavy atom. The first-order valence-corrected chi connectivity index (χ1v) is 6.76. The Morgan fingerprint density at radius 2 is 1.65 bits per heavy atom. The summed E-state index contributed by atoms with van der Waals surface area (Å²) >= 11 is 0. The molecule has 1 aromatic carbocycles. The Labute approximate surface area is 117 Å². The predicted octanol–water partition coefficient (Wildman–Crippen LogP) is 3.23. The van der Waals surface area contributed by atoms with Crippen LogP contribution in [0.1, 0.15) is 53.8 Å². The van der Waals surface area contributed by atoms with Crippen molar-refractivity contribution in [2.24, 2.45) is 5.92 Å². The van der Waals surface area contributed by atoms with Crippen LogP contribution in [0.4, 0.5) is 0 Å². The molecule has 0 fully saturated rings. The molecule has 0 heterocycles. The first-order valence-electron chi connectivity index (χ1n) is 6.76. The first kappa shape index (κ1) is 14.3. The summed E-state index contributed by atoms with van der Waals surface area (Å²) in [6.45, 7) is 4.20. The van der Waals surface area contributed by atoms with E-state index in [0.717, 1.165) is 12.8 Å². The summed E-state index contributed by atoms with van der Waals surface area (Å²) in [4.78, 5) is 24.3. The quantitative estimate of drug-likeness (QED) is 0.827. The summed E-state index contributed by atoms with van der Waals surface area (Å²) in [5.41, 5.74) is 0.240. The topological polar surface area (TPSA) is 74.6 Å². The fourth-order valence-electron chi connectivity index (χ4n) is 2.40. The van der Waals surface area contributed by atoms with Gasteiger partial charge in [0.1, 0.15) is 11.5 Å². The highest BCUT2D eigenvalue weighted by Crippen LogP contribution is 2.35. The zero-order chi connectivity index (χ0) is 14.9. The van der Waals surface area contributed by atoms with Gasteiger partial charge in [0.2, 0.25) is 0 Å². The van der Waals surface area contributed by atoms with Crippen LogP contribution in [0, 0.1) is 5.92 Å². The molecule has 1 aromatic rings. The lowest BCUT2D eigenvalue weighted by Gasteiger charge is -2.17. The minimum Gasteiger partial charge on any atom is -0.507 e. The number of Topliss-reactive ketones (excluding diaryl/α,β-unsaturated/α-hetero) is 1. The molecule has 4 heteroatoms. The van der Waals surface area contributed by atoms with Gasteiger partial charge in [0.25, 0.3) is 0 Å². The summed E-state index contributed by atoms with van der Waals surface area (Å²) in [5.74, 6) is -0.779. The van der Waals surface area contributed by atoms with Crippen molar-refractivity contribution < 1.29 is 19.8 Å². The molecule has 0 radical (unpaired) electrons. The van der Waals surface area contributed by atoms with Gasteiger partial charge < -0.3 is 10.2 Å². The first-order chi connectivity index (χ1) is 9.41. The maximum absolute atomic E-state index is 12.3. The Bertz CT molecular complexity index is 597. The number of aromatic hydroxyl groups is 2. The summed E-state index contributed by atoms with van der Waals surface area (Å²) in [6, 6.07) is 2.45. The molecule has 20 heavy (non-hydrogen) atoms. The molecule has 0 unspecified atom stereocenters. The summed E-state index contributed by atoms with van der Waals surface area (Å²) in [7, 11) is 0. The standard InChI is InChI=1S/C16H18O4/c1-9(2)4-3-5-10-8-13(19)14-11(17)6-7-12(18)15(14)16(10)20/h6-9,17-18H,3-5H2,1-2H3. The molecule has 0 spiro atoms. The highest BCUT2D eigenvalue weighted by molar-refractivity contribution is 6.26. The lowest BCUT2D eigenvalue weighted by molar-refractivity contribution is 0.0976. The third-order valence-corrected chi connectivity index (χ3v) is 3.46. The Hall–Kier alpha value is -2.10. The normalized spacial score (nSPS) is 14.4. The van der Waals surface area contributed by atoms with Gasteiger partial charge in [-0.1, -0.05) is 20.3 Å². The number of ketones is 2. The number of carbonyl (C=O) groups is 2. The number of carbonyl (C=O) groups excluding carboxylic acids is 2. The third-order valence-electron chi connectivity index (χ3n) is 3.46. The van der Waals surface area contributed by atoms with E-state index in [1.807, 2.05) is 0 Å². The lowest BCUT2D eigenvalue weighted by Crippen LogP contribution is -2.17. The van der Waals surface area contributed by atoms with E-state index in [-0.39, 0.29) is 28.4 Å². The predicted molar refractivity (Wildman–Crippen MR) is 75.2 cm³/mol. The van der Waals surface area contributed by atoms with E-state index in [0.29, 0.717) is 17.9 Å². The van der Waals surface area contributed by atoms with Crippen LogP contribution < -0.4 is 0 Å². The molecule has 0 aliphatic heterocycles. The Kier molecular flexibility index (Phi) is 3.93. The molecule has 4 nitrogen and oxygen atoms in total. The van der Waals surface area contributed by atoms with E-state index in [9.17, 15) is 19.8 Å². The second-order valence-electron chi connectivity index (χ2n) is 5.50. The monoisotopic (exact) mass is 274 g/mol. The number of phenols is 2. The van der Waals surface area contributed by atoms with Crippen molar-refractivity contribution >= 4 is 11.6 Å². The average Bonchev–Trinajstić information content (AvgIpc) is 2.37. The van der Waals surface area contributed by atoms with Crippen molar-refractivity contribution in [3.05, 3.63) is 34.9 Å². The van der Waals surface area contributed by atoms with Crippen LogP contribution in [-0.4, -0.2) is 21.8 Å². The number of hydrogen-bond donors (Lipinski definition) is 2. The molecular formula is C16H18O4. The fourth-order valence-corrected chi connectivity index (χ4v) is 2.40. The number of phenolic OH excluding ortho intramolecular Hbond substituents is 2. The van der Waals surface area contributed by atoms with E-state index in [4.69, 9.17) is 0 Å². The van der Waals surface area contributed by atoms with Gasteiger partial charge in [-0.25, -0.2) is 0 Å². The zero-order valence-electron chi connectivity index (χ0n) is 11.6. The van der Waals surface area contributed by atoms with Gasteiger partial charge in [-0.05, 0) is 37.0 Å². The van der Waals surface area contributed by atoms with Crippen LogP contribution in [-0.2, 0) is 0 Å². The van der Waals surface area contributed by atoms with E-state index < -0.39 is 5.78 Å². The number of rotatable bonds is 4. The van der Waals surface area contributed by atoms with Crippen molar-refractivity contribution in [1.29, 1.82) is 0 Å². The van der Waals surface area contributed by atoms with Crippen LogP contribution >= 0.6 is 0 Å². The van der Waals surface area contributed by atoms with E-state index in [1.165, 1.54) is 18.2 Å². The molecular weight excluding hydrogens is 256 g/mol. The Balaban J connectivity index is 2.31. The van der Waals surface area contributed by atoms with Gasteiger partial charge >= 0.3 is 0 Å². The smallest absolute Gasteiger partial charge is 0.193 e. The maximum atomic E-state index is 12.3. The van der Waals surface area contributed by atoms with E-state index in [2.05, 4.69) is 13.8 Å². The molecule has 0 bridgehead atoms.